The van der Waals surface area contributed by atoms with Crippen molar-refractivity contribution < 1.29 is 27.4 Å². The van der Waals surface area contributed by atoms with Crippen molar-refractivity contribution >= 4 is 5.91 Å². The van der Waals surface area contributed by atoms with Gasteiger partial charge in [-0.15, -0.1) is 0 Å². The fraction of sp³-hybridized carbons (Fsp3) is 0.519. The van der Waals surface area contributed by atoms with Gasteiger partial charge in [0, 0.05) is 37.3 Å². The molecule has 2 aliphatic heterocycles. The first-order valence-corrected chi connectivity index (χ1v) is 12.1. The summed E-state index contributed by atoms with van der Waals surface area (Å²) in [5.41, 5.74) is 1.15. The van der Waals surface area contributed by atoms with Crippen LogP contribution in [0.5, 0.6) is 5.75 Å². The third kappa shape index (κ3) is 5.98. The van der Waals surface area contributed by atoms with Crippen molar-refractivity contribution in [1.29, 1.82) is 0 Å². The zero-order valence-corrected chi connectivity index (χ0v) is 20.5. The summed E-state index contributed by atoms with van der Waals surface area (Å²) in [5, 5.41) is 0. The first kappa shape index (κ1) is 25.5. The molecule has 1 unspecified atom stereocenters. The van der Waals surface area contributed by atoms with E-state index in [0.29, 0.717) is 43.6 Å². The van der Waals surface area contributed by atoms with Gasteiger partial charge in [0.1, 0.15) is 11.6 Å². The standard InChI is InChI=1S/C27H33F3N2O3/c1-18(2)34-23-9-8-20(14-19(23)3)26(33)32-12-10-27(11-13-32)17-31(16-25(29)30)15-24(35-27)21-6-4-5-7-22(21)28/h4-9,14,18,24-25H,10-13,15-17H2,1-3H3. The predicted octanol–water partition coefficient (Wildman–Crippen LogP) is 5.23. The number of morpholine rings is 1. The molecule has 2 heterocycles. The van der Waals surface area contributed by atoms with Crippen LogP contribution >= 0.6 is 0 Å². The minimum atomic E-state index is -2.49. The number of aryl methyl sites for hydroxylation is 1. The second kappa shape index (κ2) is 10.6. The molecule has 2 saturated heterocycles. The first-order chi connectivity index (χ1) is 16.7. The molecule has 1 amide bonds. The number of carbonyl (C=O) groups is 1. The van der Waals surface area contributed by atoms with Gasteiger partial charge in [-0.3, -0.25) is 9.69 Å². The number of hydrogen-bond acceptors (Lipinski definition) is 4. The van der Waals surface area contributed by atoms with Crippen molar-refractivity contribution in [3.05, 3.63) is 65.0 Å². The van der Waals surface area contributed by atoms with Gasteiger partial charge in [-0.1, -0.05) is 18.2 Å². The van der Waals surface area contributed by atoms with Crippen molar-refractivity contribution in [2.45, 2.75) is 57.8 Å². The maximum atomic E-state index is 14.5. The third-order valence-corrected chi connectivity index (χ3v) is 6.72. The Balaban J connectivity index is 1.47. The summed E-state index contributed by atoms with van der Waals surface area (Å²) in [6, 6.07) is 11.8. The molecule has 2 aromatic carbocycles. The summed E-state index contributed by atoms with van der Waals surface area (Å²) in [7, 11) is 0. The van der Waals surface area contributed by atoms with Gasteiger partial charge < -0.3 is 14.4 Å². The Bertz CT molecular complexity index is 1040. The van der Waals surface area contributed by atoms with Gasteiger partial charge >= 0.3 is 0 Å². The van der Waals surface area contributed by atoms with Crippen LogP contribution in [0.1, 0.15) is 54.3 Å². The molecule has 0 bridgehead atoms. The van der Waals surface area contributed by atoms with E-state index in [1.54, 1.807) is 34.1 Å². The number of benzene rings is 2. The Morgan fingerprint density at radius 2 is 1.89 bits per heavy atom. The molecule has 4 rings (SSSR count). The van der Waals surface area contributed by atoms with Crippen molar-refractivity contribution in [2.75, 3.05) is 32.7 Å². The molecular weight excluding hydrogens is 457 g/mol. The van der Waals surface area contributed by atoms with Crippen molar-refractivity contribution in [3.8, 4) is 5.75 Å². The molecule has 35 heavy (non-hydrogen) atoms. The second-order valence-electron chi connectivity index (χ2n) is 9.84. The van der Waals surface area contributed by atoms with E-state index in [2.05, 4.69) is 0 Å². The highest BCUT2D eigenvalue weighted by atomic mass is 19.3. The Morgan fingerprint density at radius 1 is 1.17 bits per heavy atom. The van der Waals surface area contributed by atoms with E-state index in [1.807, 2.05) is 32.9 Å². The first-order valence-electron chi connectivity index (χ1n) is 12.1. The summed E-state index contributed by atoms with van der Waals surface area (Å²) in [5.74, 6) is 0.271. The maximum Gasteiger partial charge on any atom is 0.253 e. The van der Waals surface area contributed by atoms with E-state index < -0.39 is 23.9 Å². The van der Waals surface area contributed by atoms with E-state index >= 15 is 0 Å². The molecule has 0 radical (unpaired) electrons. The number of amides is 1. The fourth-order valence-corrected chi connectivity index (χ4v) is 5.06. The van der Waals surface area contributed by atoms with Crippen LogP contribution in [0.15, 0.2) is 42.5 Å². The zero-order chi connectivity index (χ0) is 25.2. The van der Waals surface area contributed by atoms with E-state index in [4.69, 9.17) is 9.47 Å². The third-order valence-electron chi connectivity index (χ3n) is 6.72. The van der Waals surface area contributed by atoms with Crippen molar-refractivity contribution in [2.24, 2.45) is 0 Å². The zero-order valence-electron chi connectivity index (χ0n) is 20.5. The van der Waals surface area contributed by atoms with Gasteiger partial charge in [-0.05, 0) is 63.4 Å². The SMILES string of the molecule is Cc1cc(C(=O)N2CCC3(CC2)CN(CC(F)F)CC(c2ccccc2F)O3)ccc1OC(C)C. The molecule has 190 valence electrons. The van der Waals surface area contributed by atoms with Crippen LogP contribution in [0.3, 0.4) is 0 Å². The molecule has 2 aliphatic rings. The predicted molar refractivity (Wildman–Crippen MR) is 127 cm³/mol. The lowest BCUT2D eigenvalue weighted by Gasteiger charge is -2.50. The van der Waals surface area contributed by atoms with E-state index in [1.165, 1.54) is 6.07 Å². The molecule has 0 aliphatic carbocycles. The minimum absolute atomic E-state index is 0.0434. The lowest BCUT2D eigenvalue weighted by atomic mass is 9.87. The molecule has 2 aromatic rings. The number of piperidine rings is 1. The fourth-order valence-electron chi connectivity index (χ4n) is 5.06. The topological polar surface area (TPSA) is 42.0 Å². The lowest BCUT2D eigenvalue weighted by Crippen LogP contribution is -2.58. The monoisotopic (exact) mass is 490 g/mol. The summed E-state index contributed by atoms with van der Waals surface area (Å²) < 4.78 is 53.2. The molecule has 1 atom stereocenters. The summed E-state index contributed by atoms with van der Waals surface area (Å²) in [6.07, 6.45) is -2.09. The van der Waals surface area contributed by atoms with Gasteiger partial charge in [0.2, 0.25) is 0 Å². The van der Waals surface area contributed by atoms with Gasteiger partial charge in [-0.2, -0.15) is 0 Å². The Hall–Kier alpha value is -2.58. The van der Waals surface area contributed by atoms with Crippen LogP contribution in [-0.4, -0.2) is 66.6 Å². The van der Waals surface area contributed by atoms with Crippen LogP contribution in [0, 0.1) is 12.7 Å². The van der Waals surface area contributed by atoms with E-state index in [-0.39, 0.29) is 25.1 Å². The Labute approximate surface area is 204 Å². The van der Waals surface area contributed by atoms with Crippen molar-refractivity contribution in [1.82, 2.24) is 9.80 Å². The second-order valence-corrected chi connectivity index (χ2v) is 9.84. The molecule has 1 spiro atoms. The number of halogens is 3. The highest BCUT2D eigenvalue weighted by molar-refractivity contribution is 5.94. The average molecular weight is 491 g/mol. The molecule has 0 saturated carbocycles. The summed E-state index contributed by atoms with van der Waals surface area (Å²) in [4.78, 5) is 16.6. The lowest BCUT2D eigenvalue weighted by molar-refractivity contribution is -0.180. The molecule has 2 fully saturated rings. The normalized spacial score (nSPS) is 20.6. The highest BCUT2D eigenvalue weighted by Gasteiger charge is 2.45. The van der Waals surface area contributed by atoms with Crippen LogP contribution in [0.2, 0.25) is 0 Å². The molecule has 5 nitrogen and oxygen atoms in total. The number of nitrogens with zero attached hydrogens (tertiary/aromatic N) is 2. The average Bonchev–Trinajstić information content (AvgIpc) is 2.80. The Kier molecular flexibility index (Phi) is 7.71. The largest absolute Gasteiger partial charge is 0.491 e. The van der Waals surface area contributed by atoms with E-state index in [9.17, 15) is 18.0 Å². The van der Waals surface area contributed by atoms with Crippen LogP contribution < -0.4 is 4.74 Å². The number of hydrogen-bond donors (Lipinski definition) is 0. The quantitative estimate of drug-likeness (QED) is 0.556. The Morgan fingerprint density at radius 3 is 2.51 bits per heavy atom. The van der Waals surface area contributed by atoms with Crippen molar-refractivity contribution in [3.63, 3.8) is 0 Å². The number of rotatable bonds is 6. The molecule has 8 heteroatoms. The number of alkyl halides is 2. The highest BCUT2D eigenvalue weighted by Crippen LogP contribution is 2.39. The number of ether oxygens (including phenoxy) is 2. The summed E-state index contributed by atoms with van der Waals surface area (Å²) >= 11 is 0. The smallest absolute Gasteiger partial charge is 0.253 e. The van der Waals surface area contributed by atoms with E-state index in [0.717, 1.165) is 11.3 Å². The van der Waals surface area contributed by atoms with Gasteiger partial charge in [-0.25, -0.2) is 13.2 Å². The van der Waals surface area contributed by atoms with Crippen LogP contribution in [0.25, 0.3) is 0 Å². The maximum absolute atomic E-state index is 14.5. The van der Waals surface area contributed by atoms with Crippen LogP contribution in [0.4, 0.5) is 13.2 Å². The van der Waals surface area contributed by atoms with Gasteiger partial charge in [0.05, 0.1) is 24.4 Å². The van der Waals surface area contributed by atoms with Gasteiger partial charge in [0.25, 0.3) is 12.3 Å². The van der Waals surface area contributed by atoms with Crippen LogP contribution in [-0.2, 0) is 4.74 Å². The van der Waals surface area contributed by atoms with Gasteiger partial charge in [0.15, 0.2) is 0 Å². The molecular formula is C27H33F3N2O3. The number of carbonyl (C=O) groups excluding carboxylic acids is 1. The minimum Gasteiger partial charge on any atom is -0.491 e. The summed E-state index contributed by atoms with van der Waals surface area (Å²) in [6.45, 7) is 6.86. The number of likely N-dealkylation sites (tertiary alicyclic amines) is 1. The molecule has 0 aromatic heterocycles. The molecule has 0 N–H and O–H groups in total.